The molecule has 5 nitrogen and oxygen atoms in total. The monoisotopic (exact) mass is 360 g/mol. The summed E-state index contributed by atoms with van der Waals surface area (Å²) >= 11 is 0. The third-order valence-electron chi connectivity index (χ3n) is 3.68. The van der Waals surface area contributed by atoms with Crippen molar-refractivity contribution in [3.8, 4) is 17.3 Å². The fourth-order valence-electron chi connectivity index (χ4n) is 2.53. The number of fused-ring (bicyclic) bond motifs is 1. The molecule has 0 aliphatic carbocycles. The fraction of sp³-hybridized carbons (Fsp3) is 0.0588. The second-order valence-electron chi connectivity index (χ2n) is 5.45. The van der Waals surface area contributed by atoms with Crippen LogP contribution in [0.4, 0.5) is 8.78 Å². The predicted octanol–water partition coefficient (Wildman–Crippen LogP) is 2.75. The molecule has 0 spiro atoms. The van der Waals surface area contributed by atoms with E-state index in [0.29, 0.717) is 6.07 Å². The Morgan fingerprint density at radius 1 is 1.12 bits per heavy atom. The summed E-state index contributed by atoms with van der Waals surface area (Å²) in [5, 5.41) is 8.92. The van der Waals surface area contributed by atoms with Crippen LogP contribution in [0.2, 0.25) is 0 Å². The molecule has 3 aromatic rings. The van der Waals surface area contributed by atoms with Crippen molar-refractivity contribution < 1.29 is 17.2 Å². The van der Waals surface area contributed by atoms with Crippen LogP contribution in [0.3, 0.4) is 0 Å². The standard InChI is InChI=1S/C17H10F2N2O3S/c1-25(23,24)11-3-2-9(8-20)12(6-11)14-7-16(22)17-13(19)4-10(18)5-15(17)21-14/h2-7H,1H3,(H,21,22). The number of nitrogens with one attached hydrogen (secondary N) is 1. The molecule has 0 saturated carbocycles. The van der Waals surface area contributed by atoms with Gasteiger partial charge < -0.3 is 4.98 Å². The van der Waals surface area contributed by atoms with Gasteiger partial charge in [0, 0.05) is 24.0 Å². The lowest BCUT2D eigenvalue weighted by Crippen LogP contribution is -2.07. The molecule has 0 unspecified atom stereocenters. The maximum Gasteiger partial charge on any atom is 0.192 e. The zero-order chi connectivity index (χ0) is 18.4. The van der Waals surface area contributed by atoms with Crippen molar-refractivity contribution in [2.45, 2.75) is 4.90 Å². The first-order valence-corrected chi connectivity index (χ1v) is 8.86. The highest BCUT2D eigenvalue weighted by Gasteiger charge is 2.15. The molecule has 8 heteroatoms. The number of rotatable bonds is 2. The van der Waals surface area contributed by atoms with Crippen LogP contribution in [0, 0.1) is 23.0 Å². The quantitative estimate of drug-likeness (QED) is 0.761. The lowest BCUT2D eigenvalue weighted by molar-refractivity contribution is 0.591. The molecule has 0 fully saturated rings. The highest BCUT2D eigenvalue weighted by Crippen LogP contribution is 2.26. The number of nitriles is 1. The summed E-state index contributed by atoms with van der Waals surface area (Å²) in [7, 11) is -3.55. The van der Waals surface area contributed by atoms with Crippen LogP contribution in [-0.4, -0.2) is 19.7 Å². The normalized spacial score (nSPS) is 11.4. The van der Waals surface area contributed by atoms with Crippen molar-refractivity contribution in [1.82, 2.24) is 4.98 Å². The average molecular weight is 360 g/mol. The van der Waals surface area contributed by atoms with Crippen LogP contribution in [0.5, 0.6) is 0 Å². The first-order chi connectivity index (χ1) is 11.7. The number of hydrogen-bond acceptors (Lipinski definition) is 4. The largest absolute Gasteiger partial charge is 0.354 e. The number of benzene rings is 2. The van der Waals surface area contributed by atoms with Crippen molar-refractivity contribution >= 4 is 20.7 Å². The summed E-state index contributed by atoms with van der Waals surface area (Å²) in [6, 6.07) is 8.32. The van der Waals surface area contributed by atoms with Crippen LogP contribution < -0.4 is 5.43 Å². The summed E-state index contributed by atoms with van der Waals surface area (Å²) in [4.78, 5) is 14.8. The van der Waals surface area contributed by atoms with Crippen LogP contribution >= 0.6 is 0 Å². The molecule has 126 valence electrons. The molecule has 1 aromatic heterocycles. The Balaban J connectivity index is 2.37. The van der Waals surface area contributed by atoms with Gasteiger partial charge in [0.15, 0.2) is 15.3 Å². The van der Waals surface area contributed by atoms with Crippen LogP contribution in [0.25, 0.3) is 22.2 Å². The van der Waals surface area contributed by atoms with Gasteiger partial charge in [0.2, 0.25) is 0 Å². The van der Waals surface area contributed by atoms with Gasteiger partial charge in [-0.1, -0.05) is 0 Å². The number of hydrogen-bond donors (Lipinski definition) is 1. The lowest BCUT2D eigenvalue weighted by Gasteiger charge is -2.09. The minimum absolute atomic E-state index is 0.0483. The molecule has 3 rings (SSSR count). The zero-order valence-electron chi connectivity index (χ0n) is 12.8. The number of aromatic nitrogens is 1. The molecule has 1 N–H and O–H groups in total. The minimum Gasteiger partial charge on any atom is -0.354 e. The highest BCUT2D eigenvalue weighted by molar-refractivity contribution is 7.90. The molecular weight excluding hydrogens is 350 g/mol. The molecule has 2 aromatic carbocycles. The van der Waals surface area contributed by atoms with Gasteiger partial charge in [-0.25, -0.2) is 17.2 Å². The number of halogens is 2. The topological polar surface area (TPSA) is 90.8 Å². The van der Waals surface area contributed by atoms with Crippen molar-refractivity contribution in [1.29, 1.82) is 5.26 Å². The molecule has 0 aliphatic heterocycles. The van der Waals surface area contributed by atoms with E-state index >= 15 is 0 Å². The van der Waals surface area contributed by atoms with E-state index in [1.807, 2.05) is 6.07 Å². The van der Waals surface area contributed by atoms with E-state index in [4.69, 9.17) is 0 Å². The van der Waals surface area contributed by atoms with E-state index in [2.05, 4.69) is 4.98 Å². The van der Waals surface area contributed by atoms with Gasteiger partial charge in [-0.3, -0.25) is 4.79 Å². The zero-order valence-corrected chi connectivity index (χ0v) is 13.6. The molecule has 0 saturated heterocycles. The average Bonchev–Trinajstić information content (AvgIpc) is 2.52. The second-order valence-corrected chi connectivity index (χ2v) is 7.46. The van der Waals surface area contributed by atoms with E-state index in [-0.39, 0.29) is 32.6 Å². The summed E-state index contributed by atoms with van der Waals surface area (Å²) < 4.78 is 50.7. The molecule has 0 bridgehead atoms. The molecule has 0 aliphatic rings. The first-order valence-electron chi connectivity index (χ1n) is 6.97. The third-order valence-corrected chi connectivity index (χ3v) is 4.79. The van der Waals surface area contributed by atoms with Gasteiger partial charge in [-0.15, -0.1) is 0 Å². The van der Waals surface area contributed by atoms with E-state index in [1.165, 1.54) is 18.2 Å². The van der Waals surface area contributed by atoms with E-state index in [9.17, 15) is 27.3 Å². The Morgan fingerprint density at radius 3 is 2.48 bits per heavy atom. The maximum absolute atomic E-state index is 13.8. The SMILES string of the molecule is CS(=O)(=O)c1ccc(C#N)c(-c2cc(=O)c3c(F)cc(F)cc3[nH]2)c1. The third kappa shape index (κ3) is 3.02. The first kappa shape index (κ1) is 16.8. The Morgan fingerprint density at radius 2 is 1.84 bits per heavy atom. The van der Waals surface area contributed by atoms with Gasteiger partial charge >= 0.3 is 0 Å². The van der Waals surface area contributed by atoms with Crippen molar-refractivity contribution in [3.05, 3.63) is 63.8 Å². The molecule has 25 heavy (non-hydrogen) atoms. The van der Waals surface area contributed by atoms with Gasteiger partial charge in [-0.05, 0) is 24.3 Å². The van der Waals surface area contributed by atoms with Crippen molar-refractivity contribution in [3.63, 3.8) is 0 Å². The van der Waals surface area contributed by atoms with Gasteiger partial charge in [0.25, 0.3) is 0 Å². The Kier molecular flexibility index (Phi) is 3.89. The smallest absolute Gasteiger partial charge is 0.192 e. The van der Waals surface area contributed by atoms with Gasteiger partial charge in [0.05, 0.1) is 33.1 Å². The van der Waals surface area contributed by atoms with E-state index in [1.54, 1.807) is 0 Å². The number of sulfone groups is 1. The van der Waals surface area contributed by atoms with Crippen LogP contribution in [0.15, 0.2) is 46.1 Å². The highest BCUT2D eigenvalue weighted by atomic mass is 32.2. The van der Waals surface area contributed by atoms with Crippen molar-refractivity contribution in [2.24, 2.45) is 0 Å². The van der Waals surface area contributed by atoms with E-state index < -0.39 is 26.9 Å². The predicted molar refractivity (Wildman–Crippen MR) is 87.7 cm³/mol. The van der Waals surface area contributed by atoms with E-state index in [0.717, 1.165) is 18.4 Å². The summed E-state index contributed by atoms with van der Waals surface area (Å²) in [6.45, 7) is 0. The number of pyridine rings is 1. The number of H-pyrrole nitrogens is 1. The molecular formula is C17H10F2N2O3S. The maximum atomic E-state index is 13.8. The second kappa shape index (κ2) is 5.79. The Labute approximate surface area is 141 Å². The van der Waals surface area contributed by atoms with Gasteiger partial charge in [0.1, 0.15) is 11.6 Å². The number of nitrogens with zero attached hydrogens (tertiary/aromatic N) is 1. The summed E-state index contributed by atoms with van der Waals surface area (Å²) in [5.41, 5.74) is -0.457. The van der Waals surface area contributed by atoms with Crippen molar-refractivity contribution in [2.75, 3.05) is 6.26 Å². The fourth-order valence-corrected chi connectivity index (χ4v) is 3.17. The molecule has 1 heterocycles. The number of aromatic amines is 1. The molecule has 0 atom stereocenters. The minimum atomic E-state index is -3.55. The van der Waals surface area contributed by atoms with Crippen LogP contribution in [0.1, 0.15) is 5.56 Å². The molecule has 0 radical (unpaired) electrons. The molecule has 0 amide bonds. The lowest BCUT2D eigenvalue weighted by atomic mass is 10.0. The Bertz CT molecular complexity index is 1230. The summed E-state index contributed by atoms with van der Waals surface area (Å²) in [5.74, 6) is -1.88. The Hall–Kier alpha value is -3.05. The van der Waals surface area contributed by atoms with Crippen LogP contribution in [-0.2, 0) is 9.84 Å². The summed E-state index contributed by atoms with van der Waals surface area (Å²) in [6.07, 6.45) is 1.01. The van der Waals surface area contributed by atoms with Gasteiger partial charge in [-0.2, -0.15) is 5.26 Å².